The summed E-state index contributed by atoms with van der Waals surface area (Å²) in [5.41, 5.74) is 0. The monoisotopic (exact) mass is 306 g/mol. The number of carbonyl (C=O) groups excluding carboxylic acids is 2. The van der Waals surface area contributed by atoms with Crippen molar-refractivity contribution in [2.45, 2.75) is 0 Å². The maximum absolute atomic E-state index is 8.25. The van der Waals surface area contributed by atoms with E-state index in [0.717, 1.165) is 0 Å². The summed E-state index contributed by atoms with van der Waals surface area (Å²) < 4.78 is 0. The Morgan fingerprint density at radius 2 is 0.769 bits per heavy atom. The number of hydrogen-bond acceptors (Lipinski definition) is 4. The second kappa shape index (κ2) is 22.6. The Kier molecular flexibility index (Phi) is 32.2. The average molecular weight is 305 g/mol. The van der Waals surface area contributed by atoms with E-state index in [1.165, 1.54) is 0 Å². The van der Waals surface area contributed by atoms with Crippen molar-refractivity contribution in [3.63, 3.8) is 0 Å². The van der Waals surface area contributed by atoms with Gasteiger partial charge in [0, 0.05) is 12.9 Å². The second-order valence-corrected chi connectivity index (χ2v) is 1.35. The van der Waals surface area contributed by atoms with Crippen molar-refractivity contribution in [3.05, 3.63) is 36.4 Å². The number of rotatable bonds is 0. The van der Waals surface area contributed by atoms with Crippen LogP contribution in [0.3, 0.4) is 0 Å². The van der Waals surface area contributed by atoms with E-state index in [-0.39, 0.29) is 48.9 Å². The molecule has 0 bridgehead atoms. The number of carboxylic acid groups (broad SMARTS) is 2. The van der Waals surface area contributed by atoms with Crippen LogP contribution in [0.1, 0.15) is 0 Å². The Balaban J connectivity index is -0.000000126. The van der Waals surface area contributed by atoms with Crippen molar-refractivity contribution < 1.29 is 19.8 Å². The zero-order valence-corrected chi connectivity index (χ0v) is 11.4. The molecule has 4 nitrogen and oxygen atoms in total. The third-order valence-electron chi connectivity index (χ3n) is 0.667. The number of benzene rings is 1. The van der Waals surface area contributed by atoms with Crippen molar-refractivity contribution in [3.8, 4) is 0 Å². The third-order valence-corrected chi connectivity index (χ3v) is 0.667. The first kappa shape index (κ1) is 18.5. The Bertz CT molecular complexity index is 146. The summed E-state index contributed by atoms with van der Waals surface area (Å²) in [6.45, 7) is -1.00. The van der Waals surface area contributed by atoms with Gasteiger partial charge in [-0.3, -0.25) is 0 Å². The fourth-order valence-corrected chi connectivity index (χ4v) is 0.385. The molecule has 0 aliphatic carbocycles. The molecule has 0 spiro atoms. The molecule has 1 aromatic rings. The van der Waals surface area contributed by atoms with E-state index < -0.39 is 12.9 Å². The topological polar surface area (TPSA) is 80.3 Å². The number of hydrogen-bond donors (Lipinski definition) is 0. The van der Waals surface area contributed by atoms with Gasteiger partial charge in [0.15, 0.2) is 0 Å². The van der Waals surface area contributed by atoms with Crippen LogP contribution in [0, 0.1) is 0 Å². The maximum atomic E-state index is 8.25. The fourth-order valence-electron chi connectivity index (χ4n) is 0.385. The van der Waals surface area contributed by atoms with Gasteiger partial charge in [0.1, 0.15) is 0 Å². The van der Waals surface area contributed by atoms with E-state index >= 15 is 0 Å². The van der Waals surface area contributed by atoms with Gasteiger partial charge < -0.3 is 19.8 Å². The Morgan fingerprint density at radius 3 is 0.846 bits per heavy atom. The predicted molar refractivity (Wildman–Crippen MR) is 44.3 cm³/mol. The molecule has 5 heteroatoms. The molecule has 0 radical (unpaired) electrons. The summed E-state index contributed by atoms with van der Waals surface area (Å²) in [6, 6.07) is 12.0. The van der Waals surface area contributed by atoms with E-state index in [9.17, 15) is 0 Å². The quantitative estimate of drug-likeness (QED) is 0.412. The van der Waals surface area contributed by atoms with E-state index in [4.69, 9.17) is 19.8 Å². The second-order valence-electron chi connectivity index (χ2n) is 1.35. The standard InChI is InChI=1S/C6H6.2CH2O2.Ba/c1-2-4-6-5-3-1;2*2-1-3;/h1-6H;2*1H,(H,2,3);/q;;;+2/p-2. The van der Waals surface area contributed by atoms with Crippen LogP contribution in [0.15, 0.2) is 36.4 Å². The zero-order chi connectivity index (χ0) is 9.66. The minimum absolute atomic E-state index is 0. The molecule has 0 saturated carbocycles. The summed E-state index contributed by atoms with van der Waals surface area (Å²) >= 11 is 0. The minimum atomic E-state index is -0.500. The molecule has 0 N–H and O–H groups in total. The van der Waals surface area contributed by atoms with Gasteiger partial charge in [-0.15, -0.1) is 0 Å². The van der Waals surface area contributed by atoms with Gasteiger partial charge in [0.25, 0.3) is 0 Å². The van der Waals surface area contributed by atoms with Crippen LogP contribution >= 0.6 is 0 Å². The van der Waals surface area contributed by atoms with Crippen LogP contribution < -0.4 is 10.2 Å². The molecule has 0 heterocycles. The van der Waals surface area contributed by atoms with Crippen LogP contribution in [-0.2, 0) is 9.59 Å². The Labute approximate surface area is 117 Å². The SMILES string of the molecule is O=C[O-].O=C[O-].[Ba+2].c1ccccc1. The van der Waals surface area contributed by atoms with E-state index in [1.54, 1.807) is 0 Å². The molecule has 0 fully saturated rings. The van der Waals surface area contributed by atoms with Gasteiger partial charge in [0.05, 0.1) is 0 Å². The zero-order valence-electron chi connectivity index (χ0n) is 6.96. The van der Waals surface area contributed by atoms with Gasteiger partial charge in [-0.2, -0.15) is 0 Å². The summed E-state index contributed by atoms with van der Waals surface area (Å²) in [7, 11) is 0. The van der Waals surface area contributed by atoms with Crippen molar-refractivity contribution in [1.82, 2.24) is 0 Å². The summed E-state index contributed by atoms with van der Waals surface area (Å²) in [6.07, 6.45) is 0. The molecule has 1 rings (SSSR count). The molecule has 13 heavy (non-hydrogen) atoms. The molecule has 0 aliphatic heterocycles. The summed E-state index contributed by atoms with van der Waals surface area (Å²) in [5.74, 6) is 0. The van der Waals surface area contributed by atoms with Gasteiger partial charge in [-0.25, -0.2) is 0 Å². The van der Waals surface area contributed by atoms with E-state index in [1.807, 2.05) is 36.4 Å². The number of carbonyl (C=O) groups is 2. The summed E-state index contributed by atoms with van der Waals surface area (Å²) in [4.78, 5) is 16.5. The van der Waals surface area contributed by atoms with Crippen LogP contribution in [0.4, 0.5) is 0 Å². The molecule has 1 aromatic carbocycles. The molecular weight excluding hydrogens is 297 g/mol. The average Bonchev–Trinajstić information content (AvgIpc) is 2.10. The molecule has 0 aliphatic rings. The van der Waals surface area contributed by atoms with Crippen molar-refractivity contribution in [2.75, 3.05) is 0 Å². The molecular formula is C8H8BaO4. The molecule has 0 amide bonds. The van der Waals surface area contributed by atoms with Crippen LogP contribution in [0.5, 0.6) is 0 Å². The maximum Gasteiger partial charge on any atom is 2.00 e. The van der Waals surface area contributed by atoms with Gasteiger partial charge in [-0.05, 0) is 0 Å². The largest absolute Gasteiger partial charge is 2.00 e. The first-order chi connectivity index (χ1) is 5.83. The first-order valence-corrected chi connectivity index (χ1v) is 2.94. The van der Waals surface area contributed by atoms with Gasteiger partial charge in [-0.1, -0.05) is 36.4 Å². The molecule has 66 valence electrons. The van der Waals surface area contributed by atoms with Crippen LogP contribution in [0.25, 0.3) is 0 Å². The van der Waals surface area contributed by atoms with Crippen LogP contribution in [0.2, 0.25) is 0 Å². The Hall–Kier alpha value is -0.269. The normalized spacial score (nSPS) is 5.54. The van der Waals surface area contributed by atoms with Crippen molar-refractivity contribution >= 4 is 61.8 Å². The van der Waals surface area contributed by atoms with Crippen molar-refractivity contribution in [2.24, 2.45) is 0 Å². The Morgan fingerprint density at radius 1 is 0.692 bits per heavy atom. The van der Waals surface area contributed by atoms with Gasteiger partial charge >= 0.3 is 48.9 Å². The molecule has 0 atom stereocenters. The van der Waals surface area contributed by atoms with E-state index in [2.05, 4.69) is 0 Å². The molecule has 0 aromatic heterocycles. The minimum Gasteiger partial charge on any atom is -0.554 e. The van der Waals surface area contributed by atoms with E-state index in [0.29, 0.717) is 0 Å². The fraction of sp³-hybridized carbons (Fsp3) is 0. The molecule has 0 unspecified atom stereocenters. The summed E-state index contributed by atoms with van der Waals surface area (Å²) in [5, 5.41) is 16.5. The van der Waals surface area contributed by atoms with Crippen LogP contribution in [-0.4, -0.2) is 61.8 Å². The van der Waals surface area contributed by atoms with Gasteiger partial charge in [0.2, 0.25) is 0 Å². The third kappa shape index (κ3) is 33.8. The van der Waals surface area contributed by atoms with Crippen molar-refractivity contribution in [1.29, 1.82) is 0 Å². The predicted octanol–water partition coefficient (Wildman–Crippen LogP) is -1.96. The smallest absolute Gasteiger partial charge is 0.554 e. The first-order valence-electron chi connectivity index (χ1n) is 2.94. The molecule has 0 saturated heterocycles.